The Labute approximate surface area is 251 Å². The van der Waals surface area contributed by atoms with Crippen LogP contribution in [0.15, 0.2) is 174 Å². The third kappa shape index (κ3) is 4.52. The fraction of sp³-hybridized carbons (Fsp3) is 0. The maximum atomic E-state index is 6.27. The number of furan rings is 1. The highest BCUT2D eigenvalue weighted by molar-refractivity contribution is 6.22. The van der Waals surface area contributed by atoms with Gasteiger partial charge in [0, 0.05) is 11.1 Å². The average Bonchev–Trinajstić information content (AvgIpc) is 3.59. The van der Waals surface area contributed by atoms with Gasteiger partial charge in [0.1, 0.15) is 11.5 Å². The van der Waals surface area contributed by atoms with E-state index in [-0.39, 0.29) is 0 Å². The molecule has 43 heavy (non-hydrogen) atoms. The van der Waals surface area contributed by atoms with Crippen molar-refractivity contribution in [3.63, 3.8) is 0 Å². The van der Waals surface area contributed by atoms with Crippen LogP contribution in [0.3, 0.4) is 0 Å². The van der Waals surface area contributed by atoms with Gasteiger partial charge in [0.05, 0.1) is 0 Å². The van der Waals surface area contributed by atoms with Crippen LogP contribution in [0.2, 0.25) is 0 Å². The molecule has 8 aromatic rings. The zero-order valence-corrected chi connectivity index (χ0v) is 23.6. The lowest BCUT2D eigenvalue weighted by molar-refractivity contribution is 0.597. The molecule has 0 amide bonds. The first-order valence-electron chi connectivity index (χ1n) is 14.7. The predicted molar refractivity (Wildman–Crippen MR) is 181 cm³/mol. The molecule has 202 valence electrons. The lowest BCUT2D eigenvalue weighted by Gasteiger charge is -2.19. The van der Waals surface area contributed by atoms with Crippen molar-refractivity contribution in [3.05, 3.63) is 170 Å². The Morgan fingerprint density at radius 1 is 0.256 bits per heavy atom. The smallest absolute Gasteiger partial charge is 0.134 e. The van der Waals surface area contributed by atoms with Crippen LogP contribution in [0.4, 0.5) is 0 Å². The van der Waals surface area contributed by atoms with Gasteiger partial charge in [-0.1, -0.05) is 152 Å². The topological polar surface area (TPSA) is 13.1 Å². The molecular weight excluding hydrogens is 520 g/mol. The van der Waals surface area contributed by atoms with Crippen LogP contribution in [-0.4, -0.2) is 0 Å². The van der Waals surface area contributed by atoms with Crippen molar-refractivity contribution >= 4 is 21.5 Å². The molecule has 1 aromatic heterocycles. The van der Waals surface area contributed by atoms with Crippen molar-refractivity contribution in [1.29, 1.82) is 0 Å². The highest BCUT2D eigenvalue weighted by Crippen LogP contribution is 2.45. The molecule has 0 N–H and O–H groups in total. The number of fused-ring (bicyclic) bond motifs is 2. The van der Waals surface area contributed by atoms with Gasteiger partial charge in [0.2, 0.25) is 0 Å². The third-order valence-electron chi connectivity index (χ3n) is 8.32. The van der Waals surface area contributed by atoms with Crippen LogP contribution in [0.25, 0.3) is 77.6 Å². The summed E-state index contributed by atoms with van der Waals surface area (Å²) in [4.78, 5) is 0. The van der Waals surface area contributed by atoms with Crippen LogP contribution >= 0.6 is 0 Å². The van der Waals surface area contributed by atoms with Crippen molar-refractivity contribution in [1.82, 2.24) is 0 Å². The second kappa shape index (κ2) is 10.6. The molecule has 0 bridgehead atoms. The van der Waals surface area contributed by atoms with Crippen LogP contribution in [0.1, 0.15) is 0 Å². The van der Waals surface area contributed by atoms with Crippen LogP contribution < -0.4 is 0 Å². The number of rotatable bonds is 5. The molecule has 1 heterocycles. The Morgan fingerprint density at radius 2 is 0.651 bits per heavy atom. The Morgan fingerprint density at radius 3 is 1.26 bits per heavy atom. The van der Waals surface area contributed by atoms with Gasteiger partial charge in [0.15, 0.2) is 0 Å². The molecule has 0 saturated heterocycles. The normalized spacial score (nSPS) is 11.3. The fourth-order valence-corrected chi connectivity index (χ4v) is 6.27. The Hall–Kier alpha value is -5.66. The maximum absolute atomic E-state index is 6.27. The van der Waals surface area contributed by atoms with Gasteiger partial charge in [-0.2, -0.15) is 0 Å². The molecule has 8 rings (SSSR count). The standard InChI is InChI=1S/C42H28O/c1-4-12-29(13-5-1)34-24-25-37-38(28-34)42(36-19-11-10-18-35(36)41(37)32-16-8-3-9-17-32)33-22-20-31(21-23-33)40-27-26-39(43-40)30-14-6-2-7-15-30/h1-28H. The zero-order chi connectivity index (χ0) is 28.6. The molecule has 0 atom stereocenters. The van der Waals surface area contributed by atoms with E-state index in [9.17, 15) is 0 Å². The minimum atomic E-state index is 0.867. The van der Waals surface area contributed by atoms with Gasteiger partial charge in [-0.25, -0.2) is 0 Å². The molecule has 7 aromatic carbocycles. The van der Waals surface area contributed by atoms with E-state index in [4.69, 9.17) is 4.42 Å². The summed E-state index contributed by atoms with van der Waals surface area (Å²) in [5, 5.41) is 5.00. The first kappa shape index (κ1) is 25.1. The van der Waals surface area contributed by atoms with Crippen molar-refractivity contribution in [3.8, 4) is 56.0 Å². The second-order valence-corrected chi connectivity index (χ2v) is 10.9. The maximum Gasteiger partial charge on any atom is 0.134 e. The molecule has 0 aliphatic rings. The lowest BCUT2D eigenvalue weighted by atomic mass is 9.84. The first-order chi connectivity index (χ1) is 21.3. The summed E-state index contributed by atoms with van der Waals surface area (Å²) < 4.78 is 6.27. The number of benzene rings is 7. The fourth-order valence-electron chi connectivity index (χ4n) is 6.27. The minimum Gasteiger partial charge on any atom is -0.456 e. The molecule has 0 unspecified atom stereocenters. The van der Waals surface area contributed by atoms with E-state index >= 15 is 0 Å². The third-order valence-corrected chi connectivity index (χ3v) is 8.32. The van der Waals surface area contributed by atoms with Gasteiger partial charge in [-0.05, 0) is 73.1 Å². The number of hydrogen-bond donors (Lipinski definition) is 0. The van der Waals surface area contributed by atoms with Gasteiger partial charge >= 0.3 is 0 Å². The van der Waals surface area contributed by atoms with Gasteiger partial charge in [-0.15, -0.1) is 0 Å². The van der Waals surface area contributed by atoms with E-state index in [0.717, 1.165) is 22.6 Å². The van der Waals surface area contributed by atoms with Gasteiger partial charge in [-0.3, -0.25) is 0 Å². The molecule has 0 aliphatic carbocycles. The number of hydrogen-bond acceptors (Lipinski definition) is 1. The summed E-state index contributed by atoms with van der Waals surface area (Å²) in [7, 11) is 0. The molecule has 0 radical (unpaired) electrons. The van der Waals surface area contributed by atoms with E-state index in [1.807, 2.05) is 24.3 Å². The van der Waals surface area contributed by atoms with Crippen molar-refractivity contribution in [2.75, 3.05) is 0 Å². The Bertz CT molecular complexity index is 2190. The van der Waals surface area contributed by atoms with E-state index in [2.05, 4.69) is 146 Å². The first-order valence-corrected chi connectivity index (χ1v) is 14.7. The summed E-state index contributed by atoms with van der Waals surface area (Å²) in [5.74, 6) is 1.74. The molecule has 0 spiro atoms. The Balaban J connectivity index is 1.33. The second-order valence-electron chi connectivity index (χ2n) is 10.9. The highest BCUT2D eigenvalue weighted by Gasteiger charge is 2.18. The molecular formula is C42H28O. The highest BCUT2D eigenvalue weighted by atomic mass is 16.3. The summed E-state index contributed by atoms with van der Waals surface area (Å²) in [6.45, 7) is 0. The van der Waals surface area contributed by atoms with E-state index in [1.54, 1.807) is 0 Å². The van der Waals surface area contributed by atoms with Crippen molar-refractivity contribution in [2.24, 2.45) is 0 Å². The summed E-state index contributed by atoms with van der Waals surface area (Å²) in [6, 6.07) is 60.3. The summed E-state index contributed by atoms with van der Waals surface area (Å²) >= 11 is 0. The lowest BCUT2D eigenvalue weighted by Crippen LogP contribution is -1.91. The largest absolute Gasteiger partial charge is 0.456 e. The molecule has 0 saturated carbocycles. The molecule has 0 fully saturated rings. The van der Waals surface area contributed by atoms with E-state index in [0.29, 0.717) is 0 Å². The quantitative estimate of drug-likeness (QED) is 0.195. The van der Waals surface area contributed by atoms with Gasteiger partial charge < -0.3 is 4.42 Å². The van der Waals surface area contributed by atoms with Crippen LogP contribution in [0.5, 0.6) is 0 Å². The van der Waals surface area contributed by atoms with E-state index in [1.165, 1.54) is 54.9 Å². The van der Waals surface area contributed by atoms with Crippen molar-refractivity contribution in [2.45, 2.75) is 0 Å². The van der Waals surface area contributed by atoms with Gasteiger partial charge in [0.25, 0.3) is 0 Å². The monoisotopic (exact) mass is 548 g/mol. The predicted octanol–water partition coefficient (Wildman–Crippen LogP) is 11.9. The Kier molecular flexibility index (Phi) is 6.20. The van der Waals surface area contributed by atoms with Crippen LogP contribution in [-0.2, 0) is 0 Å². The SMILES string of the molecule is c1ccc(-c2ccc3c(-c4ccccc4)c4ccccc4c(-c4ccc(-c5ccc(-c6ccccc6)o5)cc4)c3c2)cc1. The summed E-state index contributed by atoms with van der Waals surface area (Å²) in [5.41, 5.74) is 9.50. The van der Waals surface area contributed by atoms with Crippen molar-refractivity contribution < 1.29 is 4.42 Å². The minimum absolute atomic E-state index is 0.867. The zero-order valence-electron chi connectivity index (χ0n) is 23.6. The summed E-state index contributed by atoms with van der Waals surface area (Å²) in [6.07, 6.45) is 0. The van der Waals surface area contributed by atoms with E-state index < -0.39 is 0 Å². The average molecular weight is 549 g/mol. The molecule has 0 aliphatic heterocycles. The molecule has 1 nitrogen and oxygen atoms in total. The molecule has 1 heteroatoms. The van der Waals surface area contributed by atoms with Crippen LogP contribution in [0, 0.1) is 0 Å².